The number of thioether (sulfide) groups is 1. The average molecular weight is 421 g/mol. The number of carbonyl (C=O) groups is 1. The Balaban J connectivity index is 0.00000243. The fourth-order valence-electron chi connectivity index (χ4n) is 3.39. The minimum atomic E-state index is -2.90. The monoisotopic (exact) mass is 420 g/mol. The summed E-state index contributed by atoms with van der Waals surface area (Å²) in [6.07, 6.45) is 0.651. The van der Waals surface area contributed by atoms with Gasteiger partial charge < -0.3 is 15.0 Å². The normalized spacial score (nSPS) is 24.7. The van der Waals surface area contributed by atoms with Crippen LogP contribution in [0.4, 0.5) is 0 Å². The first kappa shape index (κ1) is 21.3. The fraction of sp³-hybridized carbons (Fsp3) is 0.588. The maximum absolute atomic E-state index is 12.8. The molecule has 2 aliphatic rings. The lowest BCUT2D eigenvalue weighted by Gasteiger charge is -2.37. The third kappa shape index (κ3) is 5.06. The van der Waals surface area contributed by atoms with Crippen molar-refractivity contribution in [3.05, 3.63) is 29.8 Å². The second kappa shape index (κ2) is 9.30. The summed E-state index contributed by atoms with van der Waals surface area (Å²) >= 11 is 1.47. The van der Waals surface area contributed by atoms with Crippen LogP contribution < -0.4 is 10.1 Å². The number of halogens is 1. The molecule has 3 rings (SSSR count). The second-order valence-corrected chi connectivity index (χ2v) is 9.90. The molecule has 0 radical (unpaired) electrons. The molecule has 2 aliphatic heterocycles. The molecule has 9 heteroatoms. The van der Waals surface area contributed by atoms with Crippen LogP contribution >= 0.6 is 24.2 Å². The SMILES string of the molecule is COc1ccccc1C1CNCCN1C(=O)CSC1CCS(=O)(=O)C1.Cl. The Morgan fingerprint density at radius 1 is 1.38 bits per heavy atom. The van der Waals surface area contributed by atoms with Crippen molar-refractivity contribution in [1.29, 1.82) is 0 Å². The molecular weight excluding hydrogens is 396 g/mol. The first-order valence-electron chi connectivity index (χ1n) is 8.45. The van der Waals surface area contributed by atoms with Gasteiger partial charge in [-0.2, -0.15) is 0 Å². The number of benzene rings is 1. The highest BCUT2D eigenvalue weighted by Crippen LogP contribution is 2.31. The van der Waals surface area contributed by atoms with E-state index in [0.29, 0.717) is 25.3 Å². The number of piperazine rings is 1. The molecule has 0 aromatic heterocycles. The number of amides is 1. The molecule has 1 N–H and O–H groups in total. The zero-order valence-electron chi connectivity index (χ0n) is 14.7. The summed E-state index contributed by atoms with van der Waals surface area (Å²) in [6, 6.07) is 7.71. The van der Waals surface area contributed by atoms with Gasteiger partial charge in [0, 0.05) is 30.4 Å². The summed E-state index contributed by atoms with van der Waals surface area (Å²) in [5, 5.41) is 3.39. The van der Waals surface area contributed by atoms with Gasteiger partial charge in [-0.25, -0.2) is 8.42 Å². The maximum Gasteiger partial charge on any atom is 0.233 e. The Bertz CT molecular complexity index is 729. The smallest absolute Gasteiger partial charge is 0.233 e. The summed E-state index contributed by atoms with van der Waals surface area (Å²) in [5.74, 6) is 1.61. The zero-order chi connectivity index (χ0) is 17.9. The van der Waals surface area contributed by atoms with Crippen molar-refractivity contribution in [3.63, 3.8) is 0 Å². The number of ether oxygens (including phenoxy) is 1. The zero-order valence-corrected chi connectivity index (χ0v) is 17.2. The highest BCUT2D eigenvalue weighted by atomic mass is 35.5. The van der Waals surface area contributed by atoms with Crippen LogP contribution in [-0.4, -0.2) is 68.5 Å². The van der Waals surface area contributed by atoms with Gasteiger partial charge in [-0.1, -0.05) is 18.2 Å². The summed E-state index contributed by atoms with van der Waals surface area (Å²) in [7, 11) is -1.27. The maximum atomic E-state index is 12.8. The number of methoxy groups -OCH3 is 1. The van der Waals surface area contributed by atoms with Gasteiger partial charge in [-0.05, 0) is 12.5 Å². The van der Waals surface area contributed by atoms with Crippen molar-refractivity contribution in [2.75, 3.05) is 44.0 Å². The Labute approximate surface area is 165 Å². The van der Waals surface area contributed by atoms with Crippen LogP contribution in [0.5, 0.6) is 5.75 Å². The molecule has 146 valence electrons. The van der Waals surface area contributed by atoms with Crippen LogP contribution in [-0.2, 0) is 14.6 Å². The van der Waals surface area contributed by atoms with Crippen LogP contribution in [0.15, 0.2) is 24.3 Å². The van der Waals surface area contributed by atoms with E-state index in [2.05, 4.69) is 5.32 Å². The number of sulfone groups is 1. The number of hydrogen-bond acceptors (Lipinski definition) is 6. The van der Waals surface area contributed by atoms with Crippen molar-refractivity contribution < 1.29 is 17.9 Å². The minimum Gasteiger partial charge on any atom is -0.496 e. The van der Waals surface area contributed by atoms with Crippen LogP contribution in [0.2, 0.25) is 0 Å². The number of rotatable bonds is 5. The molecule has 26 heavy (non-hydrogen) atoms. The van der Waals surface area contributed by atoms with E-state index >= 15 is 0 Å². The average Bonchev–Trinajstić information content (AvgIpc) is 2.98. The fourth-order valence-corrected chi connectivity index (χ4v) is 6.91. The van der Waals surface area contributed by atoms with Crippen LogP contribution in [0.1, 0.15) is 18.0 Å². The van der Waals surface area contributed by atoms with E-state index in [9.17, 15) is 13.2 Å². The molecule has 2 fully saturated rings. The Hall–Kier alpha value is -0.960. The molecule has 1 amide bonds. The van der Waals surface area contributed by atoms with Crippen LogP contribution in [0.3, 0.4) is 0 Å². The van der Waals surface area contributed by atoms with Gasteiger partial charge in [0.1, 0.15) is 5.75 Å². The molecule has 1 aromatic rings. The highest BCUT2D eigenvalue weighted by Gasteiger charge is 2.32. The van der Waals surface area contributed by atoms with Crippen molar-refractivity contribution in [2.45, 2.75) is 17.7 Å². The quantitative estimate of drug-likeness (QED) is 0.778. The molecule has 2 atom stereocenters. The molecule has 2 unspecified atom stereocenters. The minimum absolute atomic E-state index is 0. The van der Waals surface area contributed by atoms with E-state index < -0.39 is 9.84 Å². The Morgan fingerprint density at radius 3 is 2.85 bits per heavy atom. The number of hydrogen-bond donors (Lipinski definition) is 1. The van der Waals surface area contributed by atoms with Crippen LogP contribution in [0.25, 0.3) is 0 Å². The number of carbonyl (C=O) groups excluding carboxylic acids is 1. The predicted octanol–water partition coefficient (Wildman–Crippen LogP) is 1.51. The predicted molar refractivity (Wildman–Crippen MR) is 107 cm³/mol. The Morgan fingerprint density at radius 2 is 2.15 bits per heavy atom. The third-order valence-corrected chi connectivity index (χ3v) is 7.96. The lowest BCUT2D eigenvalue weighted by atomic mass is 10.0. The van der Waals surface area contributed by atoms with E-state index in [1.807, 2.05) is 29.2 Å². The van der Waals surface area contributed by atoms with E-state index in [4.69, 9.17) is 4.74 Å². The lowest BCUT2D eigenvalue weighted by molar-refractivity contribution is -0.131. The lowest BCUT2D eigenvalue weighted by Crippen LogP contribution is -2.49. The van der Waals surface area contributed by atoms with Crippen molar-refractivity contribution in [1.82, 2.24) is 10.2 Å². The van der Waals surface area contributed by atoms with Gasteiger partial charge in [0.15, 0.2) is 9.84 Å². The molecule has 0 aliphatic carbocycles. The molecule has 2 saturated heterocycles. The van der Waals surface area contributed by atoms with Crippen molar-refractivity contribution in [3.8, 4) is 5.75 Å². The van der Waals surface area contributed by atoms with Gasteiger partial charge in [-0.15, -0.1) is 24.2 Å². The summed E-state index contributed by atoms with van der Waals surface area (Å²) in [4.78, 5) is 14.7. The summed E-state index contributed by atoms with van der Waals surface area (Å²) in [5.41, 5.74) is 0.999. The van der Waals surface area contributed by atoms with E-state index in [-0.39, 0.29) is 41.1 Å². The highest BCUT2D eigenvalue weighted by molar-refractivity contribution is 8.02. The van der Waals surface area contributed by atoms with E-state index in [1.54, 1.807) is 7.11 Å². The van der Waals surface area contributed by atoms with Crippen LogP contribution in [0, 0.1) is 0 Å². The molecular formula is C17H25ClN2O4S2. The molecule has 1 aromatic carbocycles. The van der Waals surface area contributed by atoms with Gasteiger partial charge in [-0.3, -0.25) is 4.79 Å². The standard InChI is InChI=1S/C17H24N2O4S2.ClH/c1-23-16-5-3-2-4-14(16)15-10-18-7-8-19(15)17(20)11-24-13-6-9-25(21,22)12-13;/h2-5,13,15,18H,6-12H2,1H3;1H. The molecule has 0 saturated carbocycles. The number of nitrogens with one attached hydrogen (secondary N) is 1. The molecule has 0 spiro atoms. The first-order chi connectivity index (χ1) is 12.0. The molecule has 0 bridgehead atoms. The third-order valence-electron chi connectivity index (χ3n) is 4.69. The summed E-state index contributed by atoms with van der Waals surface area (Å²) in [6.45, 7) is 2.10. The van der Waals surface area contributed by atoms with Gasteiger partial charge >= 0.3 is 0 Å². The first-order valence-corrected chi connectivity index (χ1v) is 11.3. The summed E-state index contributed by atoms with van der Waals surface area (Å²) < 4.78 is 28.6. The molecule has 2 heterocycles. The van der Waals surface area contributed by atoms with Crippen molar-refractivity contribution >= 4 is 39.9 Å². The van der Waals surface area contributed by atoms with Gasteiger partial charge in [0.25, 0.3) is 0 Å². The van der Waals surface area contributed by atoms with Crippen molar-refractivity contribution in [2.24, 2.45) is 0 Å². The van der Waals surface area contributed by atoms with Gasteiger partial charge in [0.05, 0.1) is 30.4 Å². The topological polar surface area (TPSA) is 75.7 Å². The number of para-hydroxylation sites is 1. The van der Waals surface area contributed by atoms with Gasteiger partial charge in [0.2, 0.25) is 5.91 Å². The van der Waals surface area contributed by atoms with E-state index in [0.717, 1.165) is 17.9 Å². The second-order valence-electron chi connectivity index (χ2n) is 6.39. The Kier molecular flexibility index (Phi) is 7.63. The molecule has 6 nitrogen and oxygen atoms in total. The van der Waals surface area contributed by atoms with E-state index in [1.165, 1.54) is 11.8 Å². The number of nitrogens with zero attached hydrogens (tertiary/aromatic N) is 1. The largest absolute Gasteiger partial charge is 0.496 e.